The first kappa shape index (κ1) is 47.1. The van der Waals surface area contributed by atoms with E-state index >= 15 is 0 Å². The molecule has 0 saturated heterocycles. The third-order valence-electron chi connectivity index (χ3n) is 8.02. The molecule has 4 aromatic rings. The number of hydrogen-bond donors (Lipinski definition) is 0. The molecule has 4 rings (SSSR count). The molecule has 0 saturated carbocycles. The van der Waals surface area contributed by atoms with Crippen molar-refractivity contribution in [3.05, 3.63) is 91.0 Å². The standard InChI is InChI=1S/C8H9O2.3C7H7O.12CH3.4Sn/c1-9-7-5-3-4-6-8(7)10-2;3*1-8-7-5-3-2-4-6-7;;;;;;;;;;;;;;;;/h3-5H,1-2H3;3-6H,1H3;2-3,5-6H,1H3;2-5H,1H3;12*1H3;;;;. The van der Waals surface area contributed by atoms with Crippen LogP contribution in [-0.2, 0) is 0 Å². The molecule has 0 aromatic heterocycles. The van der Waals surface area contributed by atoms with Gasteiger partial charge in [0.15, 0.2) is 0 Å². The Bertz CT molecular complexity index is 1560. The molecular weight excluding hydrogens is 1050 g/mol. The van der Waals surface area contributed by atoms with Crippen molar-refractivity contribution in [3.63, 3.8) is 0 Å². The topological polar surface area (TPSA) is 46.2 Å². The van der Waals surface area contributed by atoms with Crippen molar-refractivity contribution in [1.82, 2.24) is 0 Å². The van der Waals surface area contributed by atoms with E-state index in [-0.39, 0.29) is 0 Å². The van der Waals surface area contributed by atoms with Crippen molar-refractivity contribution in [3.8, 4) is 28.7 Å². The molecule has 0 amide bonds. The van der Waals surface area contributed by atoms with Crippen molar-refractivity contribution >= 4 is 87.8 Å². The Hall–Kier alpha value is -0.925. The molecule has 0 fully saturated rings. The molecule has 0 aliphatic rings. The van der Waals surface area contributed by atoms with Gasteiger partial charge in [-0.3, -0.25) is 0 Å². The third-order valence-corrected chi connectivity index (χ3v) is 31.3. The Labute approximate surface area is 322 Å². The molecule has 0 aliphatic heterocycles. The van der Waals surface area contributed by atoms with Gasteiger partial charge in [0.2, 0.25) is 0 Å². The number of hydrogen-bond acceptors (Lipinski definition) is 5. The van der Waals surface area contributed by atoms with Gasteiger partial charge in [0.05, 0.1) is 0 Å². The van der Waals surface area contributed by atoms with Gasteiger partial charge in [-0.1, -0.05) is 0 Å². The van der Waals surface area contributed by atoms with E-state index in [2.05, 4.69) is 126 Å². The molecule has 0 spiro atoms. The summed E-state index contributed by atoms with van der Waals surface area (Å²) < 4.78 is 32.2. The fraction of sp³-hybridized carbons (Fsp3) is 0.415. The Kier molecular flexibility index (Phi) is 20.4. The second-order valence-electron chi connectivity index (χ2n) is 16.2. The van der Waals surface area contributed by atoms with Gasteiger partial charge < -0.3 is 0 Å². The Balaban J connectivity index is 0.000000334. The number of ether oxygens (including phenoxy) is 5. The van der Waals surface area contributed by atoms with Gasteiger partial charge in [-0.15, -0.1) is 0 Å². The Morgan fingerprint density at radius 2 is 0.800 bits per heavy atom. The van der Waals surface area contributed by atoms with Crippen molar-refractivity contribution in [2.75, 3.05) is 35.5 Å². The first-order chi connectivity index (χ1) is 23.1. The van der Waals surface area contributed by atoms with Gasteiger partial charge in [-0.25, -0.2) is 0 Å². The van der Waals surface area contributed by atoms with E-state index in [9.17, 15) is 0 Å². The molecular formula is C41H66O5Sn4. The van der Waals surface area contributed by atoms with Gasteiger partial charge in [0.25, 0.3) is 0 Å². The summed E-state index contributed by atoms with van der Waals surface area (Å²) in [5.41, 5.74) is 0. The first-order valence-corrected chi connectivity index (χ1v) is 57.2. The summed E-state index contributed by atoms with van der Waals surface area (Å²) in [7, 11) is 8.56. The molecule has 0 unspecified atom stereocenters. The monoisotopic (exact) mass is 1120 g/mol. The molecule has 0 atom stereocenters. The molecule has 276 valence electrons. The summed E-state index contributed by atoms with van der Waals surface area (Å²) in [5, 5.41) is 0. The second kappa shape index (κ2) is 21.7. The maximum atomic E-state index is 5.42. The maximum absolute atomic E-state index is 5.42. The van der Waals surface area contributed by atoms with Crippen LogP contribution in [0, 0.1) is 0 Å². The molecule has 5 nitrogen and oxygen atoms in total. The molecule has 4 aromatic carbocycles. The van der Waals surface area contributed by atoms with Gasteiger partial charge in [0.1, 0.15) is 0 Å². The summed E-state index contributed by atoms with van der Waals surface area (Å²) in [6.07, 6.45) is 0. The van der Waals surface area contributed by atoms with Crippen LogP contribution in [0.1, 0.15) is 0 Å². The average molecular weight is 1110 g/mol. The van der Waals surface area contributed by atoms with E-state index < -0.39 is 73.5 Å². The van der Waals surface area contributed by atoms with Crippen molar-refractivity contribution in [2.45, 2.75) is 59.3 Å². The van der Waals surface area contributed by atoms with E-state index in [0.29, 0.717) is 0 Å². The number of rotatable bonds is 9. The fourth-order valence-electron chi connectivity index (χ4n) is 4.92. The van der Waals surface area contributed by atoms with Gasteiger partial charge in [-0.05, 0) is 0 Å². The third kappa shape index (κ3) is 16.4. The predicted molar refractivity (Wildman–Crippen MR) is 230 cm³/mol. The second-order valence-corrected chi connectivity index (χ2v) is 73.9. The van der Waals surface area contributed by atoms with Gasteiger partial charge in [0, 0.05) is 0 Å². The van der Waals surface area contributed by atoms with Crippen molar-refractivity contribution in [1.29, 1.82) is 0 Å². The van der Waals surface area contributed by atoms with E-state index in [1.807, 2.05) is 24.3 Å². The average Bonchev–Trinajstić information content (AvgIpc) is 3.07. The molecule has 0 heterocycles. The van der Waals surface area contributed by atoms with Crippen LogP contribution in [0.4, 0.5) is 0 Å². The summed E-state index contributed by atoms with van der Waals surface area (Å²) in [5.74, 6) is 4.78. The molecule has 9 heteroatoms. The SMILES string of the molecule is COc1cc[c]([Sn]([CH3])([CH3])[CH3])cc1.COc1ccc[c]([Sn]([CH3])([CH3])[CH3])c1.COc1ccc[c]([Sn]([CH3])([CH3])[CH3])c1OC.COc1cccc[c]1[Sn]([CH3])([CH3])[CH3]. The van der Waals surface area contributed by atoms with Crippen LogP contribution in [0.15, 0.2) is 91.0 Å². The molecule has 0 bridgehead atoms. The minimum absolute atomic E-state index is 0.844. The van der Waals surface area contributed by atoms with E-state index in [1.165, 1.54) is 10.7 Å². The van der Waals surface area contributed by atoms with Crippen LogP contribution < -0.4 is 38.0 Å². The van der Waals surface area contributed by atoms with Crippen LogP contribution >= 0.6 is 0 Å². The molecule has 50 heavy (non-hydrogen) atoms. The normalized spacial score (nSPS) is 11.3. The van der Waals surface area contributed by atoms with Crippen LogP contribution in [0.2, 0.25) is 59.3 Å². The van der Waals surface area contributed by atoms with Crippen LogP contribution in [0.5, 0.6) is 28.7 Å². The number of para-hydroxylation sites is 2. The minimum atomic E-state index is -2.08. The van der Waals surface area contributed by atoms with Gasteiger partial charge >= 0.3 is 326 Å². The van der Waals surface area contributed by atoms with Crippen LogP contribution in [0.25, 0.3) is 0 Å². The van der Waals surface area contributed by atoms with Crippen molar-refractivity contribution in [2.24, 2.45) is 0 Å². The zero-order valence-corrected chi connectivity index (χ0v) is 45.6. The summed E-state index contributed by atoms with van der Waals surface area (Å²) in [6.45, 7) is 0. The summed E-state index contributed by atoms with van der Waals surface area (Å²) >= 11 is -7.69. The Morgan fingerprint density at radius 3 is 1.22 bits per heavy atom. The molecule has 0 N–H and O–H groups in total. The quantitative estimate of drug-likeness (QED) is 0.157. The van der Waals surface area contributed by atoms with E-state index in [0.717, 1.165) is 28.7 Å². The number of benzene rings is 4. The van der Waals surface area contributed by atoms with E-state index in [1.54, 1.807) is 39.1 Å². The molecule has 0 aliphatic carbocycles. The van der Waals surface area contributed by atoms with E-state index in [4.69, 9.17) is 23.7 Å². The van der Waals surface area contributed by atoms with Crippen LogP contribution in [0.3, 0.4) is 0 Å². The zero-order valence-electron chi connectivity index (χ0n) is 34.2. The summed E-state index contributed by atoms with van der Waals surface area (Å²) in [4.78, 5) is 28.7. The predicted octanol–water partition coefficient (Wildman–Crippen LogP) is 8.97. The summed E-state index contributed by atoms with van der Waals surface area (Å²) in [6, 6.07) is 31.5. The fourth-order valence-corrected chi connectivity index (χ4v) is 20.2. The first-order valence-electron chi connectivity index (χ1n) is 17.3. The Morgan fingerprint density at radius 1 is 0.340 bits per heavy atom. The molecule has 0 radical (unpaired) electrons. The van der Waals surface area contributed by atoms with Crippen molar-refractivity contribution < 1.29 is 23.7 Å². The van der Waals surface area contributed by atoms with Gasteiger partial charge in [-0.2, -0.15) is 0 Å². The van der Waals surface area contributed by atoms with Crippen LogP contribution in [-0.4, -0.2) is 109 Å². The number of methoxy groups -OCH3 is 5. The zero-order chi connectivity index (χ0) is 38.3.